The summed E-state index contributed by atoms with van der Waals surface area (Å²) in [6.45, 7) is 6.94. The molecule has 2 rings (SSSR count). The molecule has 1 aliphatic heterocycles. The van der Waals surface area contributed by atoms with E-state index in [4.69, 9.17) is 0 Å². The normalized spacial score (nSPS) is 18.1. The third kappa shape index (κ3) is 4.11. The first kappa shape index (κ1) is 13.6. The van der Waals surface area contributed by atoms with E-state index in [1.807, 2.05) is 0 Å². The highest BCUT2D eigenvalue weighted by Crippen LogP contribution is 2.12. The molecule has 1 heterocycles. The number of unbranched alkanes of at least 4 members (excludes halogenated alkanes) is 1. The fourth-order valence-corrected chi connectivity index (χ4v) is 2.63. The van der Waals surface area contributed by atoms with E-state index in [1.165, 1.54) is 49.9 Å². The molecular formula is C16H26N2. The maximum Gasteiger partial charge on any atom is 0.0506 e. The van der Waals surface area contributed by atoms with Crippen molar-refractivity contribution in [2.24, 2.45) is 0 Å². The van der Waals surface area contributed by atoms with Gasteiger partial charge in [0.15, 0.2) is 0 Å². The van der Waals surface area contributed by atoms with Crippen molar-refractivity contribution in [3.05, 3.63) is 35.4 Å². The molecule has 1 saturated heterocycles. The number of aryl methyl sites for hydroxylation is 1. The molecule has 0 bridgehead atoms. The van der Waals surface area contributed by atoms with Crippen LogP contribution in [0.5, 0.6) is 0 Å². The first-order valence-corrected chi connectivity index (χ1v) is 7.26. The minimum Gasteiger partial charge on any atom is -0.293 e. The van der Waals surface area contributed by atoms with Gasteiger partial charge < -0.3 is 0 Å². The second-order valence-electron chi connectivity index (χ2n) is 5.55. The standard InChI is InChI=1S/C16H26N2/c1-3-4-6-15-7-9-16(10-8-15)13-18-12-5-11-17(2)14-18/h7-10H,3-6,11-14H2,1-2H3. The minimum atomic E-state index is 1.10. The van der Waals surface area contributed by atoms with E-state index >= 15 is 0 Å². The van der Waals surface area contributed by atoms with E-state index in [0.29, 0.717) is 0 Å². The quantitative estimate of drug-likeness (QED) is 0.787. The molecule has 1 aromatic carbocycles. The Morgan fingerprint density at radius 2 is 1.78 bits per heavy atom. The largest absolute Gasteiger partial charge is 0.293 e. The fourth-order valence-electron chi connectivity index (χ4n) is 2.63. The highest BCUT2D eigenvalue weighted by Gasteiger charge is 2.13. The number of nitrogens with zero attached hydrogens (tertiary/aromatic N) is 2. The lowest BCUT2D eigenvalue weighted by Gasteiger charge is -2.33. The highest BCUT2D eigenvalue weighted by molar-refractivity contribution is 5.22. The van der Waals surface area contributed by atoms with Gasteiger partial charge in [-0.05, 0) is 37.4 Å². The molecule has 0 aromatic heterocycles. The summed E-state index contributed by atoms with van der Waals surface area (Å²) in [6.07, 6.45) is 5.10. The molecule has 0 atom stereocenters. The molecule has 0 amide bonds. The summed E-state index contributed by atoms with van der Waals surface area (Å²) in [4.78, 5) is 4.93. The summed E-state index contributed by atoms with van der Waals surface area (Å²) >= 11 is 0. The first-order valence-electron chi connectivity index (χ1n) is 7.26. The van der Waals surface area contributed by atoms with Gasteiger partial charge in [-0.3, -0.25) is 9.80 Å². The molecule has 100 valence electrons. The predicted octanol–water partition coefficient (Wildman–Crippen LogP) is 3.12. The molecule has 1 fully saturated rings. The third-order valence-corrected chi connectivity index (χ3v) is 3.70. The van der Waals surface area contributed by atoms with Gasteiger partial charge in [0.1, 0.15) is 0 Å². The summed E-state index contributed by atoms with van der Waals surface area (Å²) in [5.41, 5.74) is 2.93. The zero-order chi connectivity index (χ0) is 12.8. The maximum absolute atomic E-state index is 2.53. The molecule has 0 spiro atoms. The Kier molecular flexibility index (Phi) is 5.21. The van der Waals surface area contributed by atoms with E-state index in [9.17, 15) is 0 Å². The summed E-state index contributed by atoms with van der Waals surface area (Å²) in [5, 5.41) is 0. The molecular weight excluding hydrogens is 220 g/mol. The molecule has 0 N–H and O–H groups in total. The monoisotopic (exact) mass is 246 g/mol. The van der Waals surface area contributed by atoms with Crippen LogP contribution in [0.4, 0.5) is 0 Å². The van der Waals surface area contributed by atoms with Crippen molar-refractivity contribution < 1.29 is 0 Å². The minimum absolute atomic E-state index is 1.10. The van der Waals surface area contributed by atoms with Gasteiger partial charge in [0.25, 0.3) is 0 Å². The summed E-state index contributed by atoms with van der Waals surface area (Å²) < 4.78 is 0. The molecule has 0 saturated carbocycles. The van der Waals surface area contributed by atoms with Crippen LogP contribution in [-0.2, 0) is 13.0 Å². The number of hydrogen-bond acceptors (Lipinski definition) is 2. The van der Waals surface area contributed by atoms with E-state index in [1.54, 1.807) is 0 Å². The maximum atomic E-state index is 2.53. The van der Waals surface area contributed by atoms with Gasteiger partial charge >= 0.3 is 0 Å². The van der Waals surface area contributed by atoms with E-state index in [2.05, 4.69) is 48.0 Å². The average molecular weight is 246 g/mol. The Labute approximate surface area is 112 Å². The van der Waals surface area contributed by atoms with Crippen LogP contribution in [0.1, 0.15) is 37.3 Å². The van der Waals surface area contributed by atoms with Crippen molar-refractivity contribution >= 4 is 0 Å². The van der Waals surface area contributed by atoms with Crippen molar-refractivity contribution in [1.29, 1.82) is 0 Å². The van der Waals surface area contributed by atoms with Gasteiger partial charge in [-0.1, -0.05) is 37.6 Å². The smallest absolute Gasteiger partial charge is 0.0506 e. The van der Waals surface area contributed by atoms with Crippen LogP contribution in [0.15, 0.2) is 24.3 Å². The van der Waals surface area contributed by atoms with E-state index in [0.717, 1.165) is 13.2 Å². The molecule has 2 heteroatoms. The molecule has 0 radical (unpaired) electrons. The summed E-state index contributed by atoms with van der Waals surface area (Å²) in [5.74, 6) is 0. The molecule has 18 heavy (non-hydrogen) atoms. The lowest BCUT2D eigenvalue weighted by molar-refractivity contribution is 0.101. The second-order valence-corrected chi connectivity index (χ2v) is 5.55. The van der Waals surface area contributed by atoms with Crippen molar-refractivity contribution in [2.45, 2.75) is 39.2 Å². The molecule has 1 aromatic rings. The van der Waals surface area contributed by atoms with Gasteiger partial charge in [0.05, 0.1) is 6.67 Å². The Balaban J connectivity index is 1.85. The summed E-state index contributed by atoms with van der Waals surface area (Å²) in [7, 11) is 2.21. The fraction of sp³-hybridized carbons (Fsp3) is 0.625. The van der Waals surface area contributed by atoms with Gasteiger partial charge in [-0.15, -0.1) is 0 Å². The zero-order valence-electron chi connectivity index (χ0n) is 11.9. The first-order chi connectivity index (χ1) is 8.78. The van der Waals surface area contributed by atoms with Gasteiger partial charge in [0.2, 0.25) is 0 Å². The highest BCUT2D eigenvalue weighted by atomic mass is 15.3. The lowest BCUT2D eigenvalue weighted by Crippen LogP contribution is -2.42. The van der Waals surface area contributed by atoms with Crippen LogP contribution in [0.3, 0.4) is 0 Å². The van der Waals surface area contributed by atoms with E-state index < -0.39 is 0 Å². The summed E-state index contributed by atoms with van der Waals surface area (Å²) in [6, 6.07) is 9.22. The number of hydrogen-bond donors (Lipinski definition) is 0. The van der Waals surface area contributed by atoms with Crippen molar-refractivity contribution in [2.75, 3.05) is 26.8 Å². The molecule has 2 nitrogen and oxygen atoms in total. The van der Waals surface area contributed by atoms with Gasteiger partial charge in [-0.25, -0.2) is 0 Å². The SMILES string of the molecule is CCCCc1ccc(CN2CCCN(C)C2)cc1. The Morgan fingerprint density at radius 3 is 2.44 bits per heavy atom. The zero-order valence-corrected chi connectivity index (χ0v) is 11.9. The van der Waals surface area contributed by atoms with Crippen LogP contribution in [0, 0.1) is 0 Å². The van der Waals surface area contributed by atoms with Crippen molar-refractivity contribution in [1.82, 2.24) is 9.80 Å². The molecule has 1 aliphatic rings. The van der Waals surface area contributed by atoms with Crippen LogP contribution in [0.25, 0.3) is 0 Å². The van der Waals surface area contributed by atoms with Crippen LogP contribution < -0.4 is 0 Å². The number of benzene rings is 1. The Hall–Kier alpha value is -0.860. The Bertz CT molecular complexity index is 345. The predicted molar refractivity (Wildman–Crippen MR) is 77.6 cm³/mol. The molecule has 0 unspecified atom stereocenters. The number of rotatable bonds is 5. The Morgan fingerprint density at radius 1 is 1.06 bits per heavy atom. The van der Waals surface area contributed by atoms with Crippen LogP contribution in [-0.4, -0.2) is 36.6 Å². The molecule has 0 aliphatic carbocycles. The van der Waals surface area contributed by atoms with Crippen molar-refractivity contribution in [3.63, 3.8) is 0 Å². The third-order valence-electron chi connectivity index (χ3n) is 3.70. The van der Waals surface area contributed by atoms with Gasteiger partial charge in [0, 0.05) is 19.6 Å². The van der Waals surface area contributed by atoms with Crippen LogP contribution in [0.2, 0.25) is 0 Å². The van der Waals surface area contributed by atoms with Crippen LogP contribution >= 0.6 is 0 Å². The van der Waals surface area contributed by atoms with Gasteiger partial charge in [-0.2, -0.15) is 0 Å². The lowest BCUT2D eigenvalue weighted by atomic mass is 10.1. The van der Waals surface area contributed by atoms with E-state index in [-0.39, 0.29) is 0 Å². The van der Waals surface area contributed by atoms with Crippen molar-refractivity contribution in [3.8, 4) is 0 Å². The topological polar surface area (TPSA) is 6.48 Å². The average Bonchev–Trinajstić information content (AvgIpc) is 2.38. The second kappa shape index (κ2) is 6.91.